The molecule has 1 aliphatic carbocycles. The summed E-state index contributed by atoms with van der Waals surface area (Å²) in [5.41, 5.74) is 0.262. The fourth-order valence-electron chi connectivity index (χ4n) is 3.91. The van der Waals surface area contributed by atoms with Gasteiger partial charge in [-0.2, -0.15) is 0 Å². The second-order valence-corrected chi connectivity index (χ2v) is 6.98. The molecular weight excluding hydrogens is 321 g/mol. The van der Waals surface area contributed by atoms with E-state index >= 15 is 0 Å². The first kappa shape index (κ1) is 16.0. The van der Waals surface area contributed by atoms with Crippen molar-refractivity contribution in [2.24, 2.45) is 0 Å². The summed E-state index contributed by atoms with van der Waals surface area (Å²) in [6.45, 7) is 1.23. The predicted octanol–water partition coefficient (Wildman–Crippen LogP) is 2.35. The average molecular weight is 341 g/mol. The van der Waals surface area contributed by atoms with Crippen LogP contribution in [-0.2, 0) is 10.2 Å². The van der Waals surface area contributed by atoms with Crippen LogP contribution in [0.25, 0.3) is 0 Å². The number of carbonyl (C=O) groups excluding carboxylic acids is 1. The molecule has 25 heavy (non-hydrogen) atoms. The van der Waals surface area contributed by atoms with E-state index in [4.69, 9.17) is 0 Å². The number of piperidine rings is 1. The number of rotatable bonds is 3. The van der Waals surface area contributed by atoms with Gasteiger partial charge in [0.25, 0.3) is 0 Å². The van der Waals surface area contributed by atoms with Gasteiger partial charge in [0.15, 0.2) is 0 Å². The van der Waals surface area contributed by atoms with Gasteiger partial charge in [-0.05, 0) is 37.8 Å². The van der Waals surface area contributed by atoms with E-state index in [1.807, 2.05) is 4.90 Å². The molecule has 4 rings (SSSR count). The predicted molar refractivity (Wildman–Crippen MR) is 90.7 cm³/mol. The molecule has 0 bridgehead atoms. The zero-order valence-electron chi connectivity index (χ0n) is 13.9. The Balaban J connectivity index is 1.56. The van der Waals surface area contributed by atoms with E-state index in [-0.39, 0.29) is 23.3 Å². The minimum atomic E-state index is -0.696. The van der Waals surface area contributed by atoms with Crippen LogP contribution in [0.2, 0.25) is 0 Å². The number of benzene rings is 1. The summed E-state index contributed by atoms with van der Waals surface area (Å²) < 4.78 is 14.2. The van der Waals surface area contributed by atoms with E-state index in [1.165, 1.54) is 12.3 Å². The first-order chi connectivity index (χ1) is 12.1. The van der Waals surface area contributed by atoms with Crippen molar-refractivity contribution < 1.29 is 9.18 Å². The van der Waals surface area contributed by atoms with Crippen molar-refractivity contribution >= 4 is 5.91 Å². The number of nitrogens with one attached hydrogen (secondary N) is 1. The summed E-state index contributed by atoms with van der Waals surface area (Å²) in [5, 5.41) is 0. The third kappa shape index (κ3) is 2.86. The maximum absolute atomic E-state index is 14.2. The van der Waals surface area contributed by atoms with Gasteiger partial charge in [0, 0.05) is 36.5 Å². The highest BCUT2D eigenvalue weighted by atomic mass is 19.1. The van der Waals surface area contributed by atoms with Crippen LogP contribution in [0.3, 0.4) is 0 Å². The number of aromatic amines is 1. The molecule has 6 heteroatoms. The fourth-order valence-corrected chi connectivity index (χ4v) is 3.91. The Kier molecular flexibility index (Phi) is 3.90. The number of aromatic nitrogens is 2. The van der Waals surface area contributed by atoms with E-state index < -0.39 is 5.41 Å². The van der Waals surface area contributed by atoms with Gasteiger partial charge in [-0.1, -0.05) is 18.2 Å². The summed E-state index contributed by atoms with van der Waals surface area (Å²) in [6.07, 6.45) is 4.67. The van der Waals surface area contributed by atoms with Gasteiger partial charge < -0.3 is 9.88 Å². The Labute approximate surface area is 144 Å². The Bertz CT molecular complexity index is 859. The lowest BCUT2D eigenvalue weighted by molar-refractivity contribution is -0.135. The van der Waals surface area contributed by atoms with E-state index in [9.17, 15) is 14.0 Å². The molecule has 0 radical (unpaired) electrons. The van der Waals surface area contributed by atoms with Crippen molar-refractivity contribution in [2.45, 2.75) is 37.0 Å². The van der Waals surface area contributed by atoms with Crippen LogP contribution < -0.4 is 5.69 Å². The van der Waals surface area contributed by atoms with E-state index in [0.29, 0.717) is 31.5 Å². The third-order valence-electron chi connectivity index (χ3n) is 5.39. The van der Waals surface area contributed by atoms with Crippen LogP contribution in [-0.4, -0.2) is 33.9 Å². The molecule has 1 N–H and O–H groups in total. The lowest BCUT2D eigenvalue weighted by Gasteiger charge is -2.35. The fraction of sp³-hybridized carbons (Fsp3) is 0.421. The highest BCUT2D eigenvalue weighted by Crippen LogP contribution is 2.51. The van der Waals surface area contributed by atoms with Gasteiger partial charge in [-0.3, -0.25) is 4.79 Å². The van der Waals surface area contributed by atoms with E-state index in [2.05, 4.69) is 9.97 Å². The molecule has 130 valence electrons. The van der Waals surface area contributed by atoms with Gasteiger partial charge in [-0.25, -0.2) is 14.2 Å². The minimum absolute atomic E-state index is 0.0127. The molecule has 1 aliphatic heterocycles. The van der Waals surface area contributed by atoms with Crippen molar-refractivity contribution in [3.8, 4) is 0 Å². The van der Waals surface area contributed by atoms with Crippen LogP contribution in [0.1, 0.15) is 42.9 Å². The highest BCUT2D eigenvalue weighted by Gasteiger charge is 2.54. The summed E-state index contributed by atoms with van der Waals surface area (Å²) in [6, 6.07) is 8.37. The van der Waals surface area contributed by atoms with Crippen molar-refractivity contribution in [3.05, 3.63) is 64.1 Å². The molecule has 1 aromatic carbocycles. The molecule has 1 amide bonds. The Morgan fingerprint density at radius 1 is 1.28 bits per heavy atom. The number of nitrogens with zero attached hydrogens (tertiary/aromatic N) is 2. The lowest BCUT2D eigenvalue weighted by atomic mass is 9.90. The highest BCUT2D eigenvalue weighted by molar-refractivity contribution is 5.91. The zero-order chi connectivity index (χ0) is 17.4. The third-order valence-corrected chi connectivity index (χ3v) is 5.39. The van der Waals surface area contributed by atoms with Crippen LogP contribution in [0, 0.1) is 5.82 Å². The van der Waals surface area contributed by atoms with Gasteiger partial charge in [0.05, 0.1) is 5.41 Å². The van der Waals surface area contributed by atoms with Gasteiger partial charge in [0.2, 0.25) is 5.91 Å². The summed E-state index contributed by atoms with van der Waals surface area (Å²) in [7, 11) is 0. The summed E-state index contributed by atoms with van der Waals surface area (Å²) >= 11 is 0. The number of hydrogen-bond donors (Lipinski definition) is 1. The molecule has 2 fully saturated rings. The first-order valence-corrected chi connectivity index (χ1v) is 8.70. The van der Waals surface area contributed by atoms with Crippen molar-refractivity contribution in [1.29, 1.82) is 0 Å². The average Bonchev–Trinajstić information content (AvgIpc) is 3.43. The topological polar surface area (TPSA) is 66.1 Å². The molecule has 1 atom stereocenters. The van der Waals surface area contributed by atoms with Crippen LogP contribution in [0.5, 0.6) is 0 Å². The Morgan fingerprint density at radius 2 is 2.08 bits per heavy atom. The molecule has 1 saturated carbocycles. The van der Waals surface area contributed by atoms with E-state index in [1.54, 1.807) is 24.3 Å². The smallest absolute Gasteiger partial charge is 0.341 e. The Hall–Kier alpha value is -2.50. The number of halogens is 1. The van der Waals surface area contributed by atoms with E-state index in [0.717, 1.165) is 18.5 Å². The number of likely N-dealkylation sites (tertiary alicyclic amines) is 1. The molecule has 1 saturated heterocycles. The molecule has 0 spiro atoms. The maximum atomic E-state index is 14.2. The SMILES string of the molecule is O=C(N1CCC[C@H](c2ccnc(=O)[nH]2)C1)C1(c2ccccc2F)CC1. The quantitative estimate of drug-likeness (QED) is 0.932. The number of carbonyl (C=O) groups is 1. The molecule has 2 aliphatic rings. The standard InChI is InChI=1S/C19H20FN3O2/c20-15-6-2-1-5-14(15)19(8-9-19)17(24)23-11-3-4-13(12-23)16-7-10-21-18(25)22-16/h1-2,5-7,10,13H,3-4,8-9,11-12H2,(H,21,22,25)/t13-/m0/s1. The first-order valence-electron chi connectivity index (χ1n) is 8.70. The zero-order valence-corrected chi connectivity index (χ0v) is 13.9. The lowest BCUT2D eigenvalue weighted by Crippen LogP contribution is -2.45. The van der Waals surface area contributed by atoms with Crippen LogP contribution >= 0.6 is 0 Å². The largest absolute Gasteiger partial charge is 0.345 e. The maximum Gasteiger partial charge on any atom is 0.345 e. The molecule has 0 unspecified atom stereocenters. The second kappa shape index (κ2) is 6.10. The molecule has 5 nitrogen and oxygen atoms in total. The molecule has 2 aromatic rings. The monoisotopic (exact) mass is 341 g/mol. The van der Waals surface area contributed by atoms with Crippen molar-refractivity contribution in [3.63, 3.8) is 0 Å². The summed E-state index contributed by atoms with van der Waals surface area (Å²) in [5.74, 6) is -0.205. The number of hydrogen-bond acceptors (Lipinski definition) is 3. The van der Waals surface area contributed by atoms with Crippen LogP contribution in [0.15, 0.2) is 41.3 Å². The van der Waals surface area contributed by atoms with Gasteiger partial charge in [-0.15, -0.1) is 0 Å². The second-order valence-electron chi connectivity index (χ2n) is 6.98. The van der Waals surface area contributed by atoms with Crippen molar-refractivity contribution in [1.82, 2.24) is 14.9 Å². The molecular formula is C19H20FN3O2. The van der Waals surface area contributed by atoms with Crippen LogP contribution in [0.4, 0.5) is 4.39 Å². The number of amides is 1. The molecule has 2 heterocycles. The minimum Gasteiger partial charge on any atom is -0.341 e. The normalized spacial score (nSPS) is 21.8. The van der Waals surface area contributed by atoms with Crippen molar-refractivity contribution in [2.75, 3.05) is 13.1 Å². The Morgan fingerprint density at radius 3 is 2.80 bits per heavy atom. The summed E-state index contributed by atoms with van der Waals surface area (Å²) in [4.78, 5) is 32.9. The number of H-pyrrole nitrogens is 1. The van der Waals surface area contributed by atoms with Gasteiger partial charge >= 0.3 is 5.69 Å². The molecule has 1 aromatic heterocycles. The van der Waals surface area contributed by atoms with Gasteiger partial charge in [0.1, 0.15) is 5.82 Å².